The number of esters is 1. The molecule has 0 aliphatic carbocycles. The summed E-state index contributed by atoms with van der Waals surface area (Å²) in [4.78, 5) is 33.1. The van der Waals surface area contributed by atoms with Crippen LogP contribution in [0.3, 0.4) is 0 Å². The zero-order valence-corrected chi connectivity index (χ0v) is 18.2. The third-order valence-electron chi connectivity index (χ3n) is 5.43. The number of benzene rings is 2. The number of H-pyrrole nitrogens is 1. The normalized spacial score (nSPS) is 11.4. The molecule has 3 heterocycles. The Bertz CT molecular complexity index is 1590. The summed E-state index contributed by atoms with van der Waals surface area (Å²) in [6.45, 7) is 1.72. The van der Waals surface area contributed by atoms with Gasteiger partial charge in [-0.05, 0) is 37.3 Å². The van der Waals surface area contributed by atoms with Gasteiger partial charge in [0.25, 0.3) is 5.56 Å². The lowest BCUT2D eigenvalue weighted by Gasteiger charge is -2.12. The number of aromatic nitrogens is 3. The van der Waals surface area contributed by atoms with Crippen molar-refractivity contribution in [2.75, 3.05) is 6.61 Å². The van der Waals surface area contributed by atoms with E-state index < -0.39 is 17.6 Å². The first-order valence-electron chi connectivity index (χ1n) is 10.2. The van der Waals surface area contributed by atoms with E-state index in [2.05, 4.69) is 9.97 Å². The number of pyridine rings is 1. The van der Waals surface area contributed by atoms with Crippen molar-refractivity contribution in [2.45, 2.75) is 13.5 Å². The van der Waals surface area contributed by atoms with Crippen LogP contribution in [0, 0.1) is 11.6 Å². The molecule has 0 bridgehead atoms. The van der Waals surface area contributed by atoms with Crippen molar-refractivity contribution < 1.29 is 18.3 Å². The van der Waals surface area contributed by atoms with Crippen LogP contribution in [0.25, 0.3) is 32.2 Å². The Morgan fingerprint density at radius 1 is 1.21 bits per heavy atom. The molecular formula is C24H17F2N3O3S. The van der Waals surface area contributed by atoms with Gasteiger partial charge in [-0.3, -0.25) is 4.79 Å². The van der Waals surface area contributed by atoms with Gasteiger partial charge in [-0.2, -0.15) is 0 Å². The van der Waals surface area contributed by atoms with Gasteiger partial charge in [0, 0.05) is 28.8 Å². The van der Waals surface area contributed by atoms with Gasteiger partial charge in [-0.25, -0.2) is 18.6 Å². The fourth-order valence-electron chi connectivity index (χ4n) is 4.04. The topological polar surface area (TPSA) is 77.0 Å². The Labute approximate surface area is 190 Å². The molecule has 1 N–H and O–H groups in total. The summed E-state index contributed by atoms with van der Waals surface area (Å²) in [6, 6.07) is 10.2. The van der Waals surface area contributed by atoms with Crippen LogP contribution < -0.4 is 5.56 Å². The largest absolute Gasteiger partial charge is 0.461 e. The van der Waals surface area contributed by atoms with Crippen molar-refractivity contribution in [3.8, 4) is 11.1 Å². The molecular weight excluding hydrogens is 448 g/mol. The number of aromatic amines is 1. The van der Waals surface area contributed by atoms with Gasteiger partial charge in [0.15, 0.2) is 0 Å². The van der Waals surface area contributed by atoms with Crippen LogP contribution in [0.4, 0.5) is 8.78 Å². The quantitative estimate of drug-likeness (QED) is 0.366. The van der Waals surface area contributed by atoms with Crippen molar-refractivity contribution >= 4 is 38.4 Å². The van der Waals surface area contributed by atoms with Gasteiger partial charge >= 0.3 is 5.97 Å². The third-order valence-corrected chi connectivity index (χ3v) is 6.22. The molecule has 0 aliphatic rings. The fourth-order valence-corrected chi connectivity index (χ4v) is 4.73. The first kappa shape index (κ1) is 21.0. The minimum atomic E-state index is -0.736. The van der Waals surface area contributed by atoms with Crippen molar-refractivity contribution in [3.05, 3.63) is 87.4 Å². The van der Waals surface area contributed by atoms with Gasteiger partial charge in [0.1, 0.15) is 17.3 Å². The monoisotopic (exact) mass is 465 g/mol. The van der Waals surface area contributed by atoms with Crippen LogP contribution in [0.1, 0.15) is 23.0 Å². The maximum absolute atomic E-state index is 14.6. The van der Waals surface area contributed by atoms with E-state index in [1.807, 2.05) is 6.07 Å². The van der Waals surface area contributed by atoms with E-state index in [1.165, 1.54) is 23.6 Å². The highest BCUT2D eigenvalue weighted by Gasteiger charge is 2.28. The molecule has 6 nitrogen and oxygen atoms in total. The van der Waals surface area contributed by atoms with Crippen LogP contribution >= 0.6 is 11.3 Å². The number of ether oxygens (including phenoxy) is 1. The lowest BCUT2D eigenvalue weighted by atomic mass is 10.0. The lowest BCUT2D eigenvalue weighted by Crippen LogP contribution is -2.16. The van der Waals surface area contributed by atoms with Gasteiger partial charge in [0.2, 0.25) is 0 Å². The molecule has 0 aliphatic heterocycles. The highest BCUT2D eigenvalue weighted by atomic mass is 32.1. The Morgan fingerprint density at radius 3 is 2.82 bits per heavy atom. The highest BCUT2D eigenvalue weighted by molar-refractivity contribution is 7.16. The Hall–Kier alpha value is -3.85. The van der Waals surface area contributed by atoms with Gasteiger partial charge < -0.3 is 14.3 Å². The molecule has 9 heteroatoms. The summed E-state index contributed by atoms with van der Waals surface area (Å²) < 4.78 is 35.9. The number of fused-ring (bicyclic) bond motifs is 3. The molecule has 0 unspecified atom stereocenters. The fraction of sp³-hybridized carbons (Fsp3) is 0.125. The molecule has 0 saturated heterocycles. The van der Waals surface area contributed by atoms with Crippen LogP contribution in [-0.2, 0) is 11.3 Å². The van der Waals surface area contributed by atoms with Crippen LogP contribution in [0.5, 0.6) is 0 Å². The number of hydrogen-bond acceptors (Lipinski definition) is 5. The lowest BCUT2D eigenvalue weighted by molar-refractivity contribution is 0.0516. The number of thiazole rings is 1. The predicted octanol–water partition coefficient (Wildman–Crippen LogP) is 5.11. The summed E-state index contributed by atoms with van der Waals surface area (Å²) in [5.74, 6) is -2.08. The van der Waals surface area contributed by atoms with Crippen molar-refractivity contribution in [1.29, 1.82) is 0 Å². The van der Waals surface area contributed by atoms with Crippen molar-refractivity contribution in [3.63, 3.8) is 0 Å². The molecule has 5 rings (SSSR count). The van der Waals surface area contributed by atoms with Crippen LogP contribution in [0.15, 0.2) is 59.0 Å². The Morgan fingerprint density at radius 2 is 2.06 bits per heavy atom. The molecule has 0 amide bonds. The number of carbonyl (C=O) groups excluding carboxylic acids is 1. The maximum atomic E-state index is 14.6. The summed E-state index contributed by atoms with van der Waals surface area (Å²) in [7, 11) is 0. The minimum Gasteiger partial charge on any atom is -0.461 e. The van der Waals surface area contributed by atoms with E-state index in [1.54, 1.807) is 35.2 Å². The second kappa shape index (κ2) is 8.25. The highest BCUT2D eigenvalue weighted by Crippen LogP contribution is 2.39. The van der Waals surface area contributed by atoms with Crippen molar-refractivity contribution in [1.82, 2.24) is 14.5 Å². The number of nitrogens with one attached hydrogen (secondary N) is 1. The summed E-state index contributed by atoms with van der Waals surface area (Å²) in [5, 5.41) is 0.594. The molecule has 0 radical (unpaired) electrons. The standard InChI is InChI=1S/C24H17F2N3O3S/c1-2-32-24(31)22-19(15-4-3-9-27-23(15)30)20-17(7-8-18-21(20)28-12-33-18)29(22)11-13-5-6-14(25)10-16(13)26/h3-10,12H,2,11H2,1H3,(H,27,30). The second-order valence-electron chi connectivity index (χ2n) is 7.34. The first-order valence-corrected chi connectivity index (χ1v) is 11.0. The predicted molar refractivity (Wildman–Crippen MR) is 123 cm³/mol. The average molecular weight is 465 g/mol. The maximum Gasteiger partial charge on any atom is 0.355 e. The van der Waals surface area contributed by atoms with E-state index >= 15 is 0 Å². The third kappa shape index (κ3) is 3.50. The SMILES string of the molecule is CCOC(=O)c1c(-c2ccc[nH]c2=O)c2c3ncsc3ccc2n1Cc1ccc(F)cc1F. The molecule has 166 valence electrons. The average Bonchev–Trinajstić information content (AvgIpc) is 3.39. The van der Waals surface area contributed by atoms with Gasteiger partial charge in [0.05, 0.1) is 40.0 Å². The number of hydrogen-bond donors (Lipinski definition) is 1. The van der Waals surface area contributed by atoms with Gasteiger partial charge in [-0.15, -0.1) is 11.3 Å². The second-order valence-corrected chi connectivity index (χ2v) is 8.22. The Balaban J connectivity index is 1.91. The summed E-state index contributed by atoms with van der Waals surface area (Å²) >= 11 is 1.43. The van der Waals surface area contributed by atoms with E-state index in [0.29, 0.717) is 22.0 Å². The van der Waals surface area contributed by atoms with Gasteiger partial charge in [-0.1, -0.05) is 6.07 Å². The minimum absolute atomic E-state index is 0.0723. The number of rotatable bonds is 5. The smallest absolute Gasteiger partial charge is 0.355 e. The molecule has 5 aromatic rings. The molecule has 0 atom stereocenters. The molecule has 0 spiro atoms. The number of nitrogens with zero attached hydrogens (tertiary/aromatic N) is 2. The van der Waals surface area contributed by atoms with Crippen LogP contribution in [-0.4, -0.2) is 27.1 Å². The van der Waals surface area contributed by atoms with E-state index in [0.717, 1.165) is 16.8 Å². The van der Waals surface area contributed by atoms with E-state index in [4.69, 9.17) is 4.74 Å². The van der Waals surface area contributed by atoms with E-state index in [-0.39, 0.29) is 35.5 Å². The summed E-state index contributed by atoms with van der Waals surface area (Å²) in [5.41, 5.74) is 3.43. The summed E-state index contributed by atoms with van der Waals surface area (Å²) in [6.07, 6.45) is 1.50. The molecule has 0 fully saturated rings. The van der Waals surface area contributed by atoms with Crippen molar-refractivity contribution in [2.24, 2.45) is 0 Å². The zero-order chi connectivity index (χ0) is 23.1. The van der Waals surface area contributed by atoms with E-state index in [9.17, 15) is 18.4 Å². The number of halogens is 2. The van der Waals surface area contributed by atoms with Crippen LogP contribution in [0.2, 0.25) is 0 Å². The Kier molecular flexibility index (Phi) is 5.26. The zero-order valence-electron chi connectivity index (χ0n) is 17.4. The number of carbonyl (C=O) groups is 1. The molecule has 3 aromatic heterocycles. The molecule has 2 aromatic carbocycles. The first-order chi connectivity index (χ1) is 16.0. The molecule has 33 heavy (non-hydrogen) atoms. The molecule has 0 saturated carbocycles.